The second-order valence-electron chi connectivity index (χ2n) is 19.4. The Morgan fingerprint density at radius 1 is 0.707 bits per heavy atom. The third-order valence-corrected chi connectivity index (χ3v) is 12.8. The summed E-state index contributed by atoms with van der Waals surface area (Å²) in [6.07, 6.45) is 1.39. The van der Waals surface area contributed by atoms with Crippen molar-refractivity contribution in [1.82, 2.24) is 57.2 Å². The zero-order chi connectivity index (χ0) is 57.1. The minimum atomic E-state index is -1.64. The minimum absolute atomic E-state index is 0.0425. The Hall–Kier alpha value is -6.60. The number of nitrogens with one attached hydrogen (secondary N) is 8. The molecule has 0 aromatic carbocycles. The lowest BCUT2D eigenvalue weighted by Crippen LogP contribution is -2.63. The van der Waals surface area contributed by atoms with Crippen molar-refractivity contribution in [1.29, 1.82) is 0 Å². The summed E-state index contributed by atoms with van der Waals surface area (Å²) in [6.45, 7) is 14.4. The number of nitrogens with zero attached hydrogens (tertiary/aromatic N) is 4. The fourth-order valence-electron chi connectivity index (χ4n) is 8.15. The quantitative estimate of drug-likeness (QED) is 0.0180. The number of guanidine groups is 1. The van der Waals surface area contributed by atoms with E-state index in [-0.39, 0.29) is 75.5 Å². The van der Waals surface area contributed by atoms with Gasteiger partial charge in [0.05, 0.1) is 19.2 Å². The first-order chi connectivity index (χ1) is 35.2. The van der Waals surface area contributed by atoms with E-state index in [1.54, 1.807) is 41.5 Å². The lowest BCUT2D eigenvalue weighted by Gasteiger charge is -2.34. The molecule has 0 aromatic heterocycles. The van der Waals surface area contributed by atoms with Gasteiger partial charge in [-0.2, -0.15) is 0 Å². The lowest BCUT2D eigenvalue weighted by molar-refractivity contribution is -0.145. The van der Waals surface area contributed by atoms with Gasteiger partial charge >= 0.3 is 0 Å². The molecule has 0 bridgehead atoms. The summed E-state index contributed by atoms with van der Waals surface area (Å²) >= 11 is 0. The Morgan fingerprint density at radius 2 is 1.32 bits per heavy atom. The third kappa shape index (κ3) is 23.2. The molecule has 0 aliphatic carbocycles. The van der Waals surface area contributed by atoms with E-state index in [1.165, 1.54) is 39.8 Å². The molecule has 1 rings (SSSR count). The van der Waals surface area contributed by atoms with Crippen molar-refractivity contribution in [2.75, 3.05) is 53.4 Å². The summed E-state index contributed by atoms with van der Waals surface area (Å²) in [5.41, 5.74) is 11.0. The Labute approximate surface area is 441 Å². The zero-order valence-electron chi connectivity index (χ0n) is 46.0. The molecule has 13 N–H and O–H groups in total. The van der Waals surface area contributed by atoms with Gasteiger partial charge in [-0.3, -0.25) is 57.7 Å². The number of likely N-dealkylation sites (N-methyl/N-ethyl adjacent to an activating group) is 3. The molecule has 1 aliphatic heterocycles. The van der Waals surface area contributed by atoms with E-state index in [9.17, 15) is 57.8 Å². The number of aliphatic imine (C=N–C) groups is 1. The van der Waals surface area contributed by atoms with Gasteiger partial charge in [-0.15, -0.1) is 0 Å². The molecule has 0 saturated carbocycles. The van der Waals surface area contributed by atoms with Crippen LogP contribution in [0.4, 0.5) is 0 Å². The molecule has 1 aliphatic rings. The normalized spacial score (nSPS) is 16.2. The van der Waals surface area contributed by atoms with Gasteiger partial charge in [0.1, 0.15) is 42.3 Å². The van der Waals surface area contributed by atoms with Crippen LogP contribution in [0.3, 0.4) is 0 Å². The van der Waals surface area contributed by atoms with Crippen LogP contribution >= 0.6 is 0 Å². The predicted molar refractivity (Wildman–Crippen MR) is 279 cm³/mol. The van der Waals surface area contributed by atoms with Gasteiger partial charge in [0.25, 0.3) is 0 Å². The number of hydrogen-bond acceptors (Lipinski definition) is 13. The predicted octanol–water partition coefficient (Wildman–Crippen LogP) is -2.80. The molecule has 426 valence electrons. The van der Waals surface area contributed by atoms with E-state index in [4.69, 9.17) is 11.5 Å². The number of carbonyl (C=O) groups is 11. The summed E-state index contributed by atoms with van der Waals surface area (Å²) in [7, 11) is 2.73. The highest BCUT2D eigenvalue weighted by Gasteiger charge is 2.41. The second kappa shape index (κ2) is 34.1. The molecule has 26 nitrogen and oxygen atoms in total. The highest BCUT2D eigenvalue weighted by atomic mass is 16.3. The smallest absolute Gasteiger partial charge is 0.248 e. The Kier molecular flexibility index (Phi) is 30.2. The van der Waals surface area contributed by atoms with Crippen molar-refractivity contribution in [3.8, 4) is 0 Å². The van der Waals surface area contributed by atoms with Crippen LogP contribution in [0.5, 0.6) is 0 Å². The Balaban J connectivity index is 3.47. The highest BCUT2D eigenvalue weighted by Crippen LogP contribution is 2.21. The second-order valence-corrected chi connectivity index (χ2v) is 19.4. The number of nitrogens with two attached hydrogens (primary N) is 2. The number of likely N-dealkylation sites (tertiary alicyclic amines) is 1. The first-order valence-corrected chi connectivity index (χ1v) is 26.0. The number of rotatable bonds is 33. The first-order valence-electron chi connectivity index (χ1n) is 26.0. The first kappa shape index (κ1) is 66.4. The Bertz CT molecular complexity index is 1980. The summed E-state index contributed by atoms with van der Waals surface area (Å²) in [4.78, 5) is 154. The monoisotopic (exact) mass is 1060 g/mol. The van der Waals surface area contributed by atoms with Gasteiger partial charge < -0.3 is 73.8 Å². The molecule has 1 saturated heterocycles. The molecule has 9 atom stereocenters. The van der Waals surface area contributed by atoms with Gasteiger partial charge in [0.2, 0.25) is 65.0 Å². The van der Waals surface area contributed by atoms with Crippen LogP contribution in [0.2, 0.25) is 0 Å². The van der Waals surface area contributed by atoms with Gasteiger partial charge in [0.15, 0.2) is 5.96 Å². The van der Waals surface area contributed by atoms with Crippen LogP contribution in [0.1, 0.15) is 127 Å². The maximum Gasteiger partial charge on any atom is 0.248 e. The molecule has 75 heavy (non-hydrogen) atoms. The van der Waals surface area contributed by atoms with Crippen molar-refractivity contribution >= 4 is 70.9 Å². The molecule has 1 fully saturated rings. The fraction of sp³-hybridized carbons (Fsp3) is 0.755. The maximum atomic E-state index is 14.4. The fourth-order valence-corrected chi connectivity index (χ4v) is 8.15. The topological polar surface area (TPSA) is 378 Å². The molecular weight excluding hydrogens is 977 g/mol. The van der Waals surface area contributed by atoms with Crippen LogP contribution < -0.4 is 54.0 Å². The number of hydrogen-bond donors (Lipinski definition) is 11. The van der Waals surface area contributed by atoms with Crippen LogP contribution in [0, 0.1) is 11.8 Å². The molecule has 0 aromatic rings. The molecule has 2 unspecified atom stereocenters. The average Bonchev–Trinajstić information content (AvgIpc) is 3.84. The Morgan fingerprint density at radius 3 is 1.88 bits per heavy atom. The largest absolute Gasteiger partial charge is 0.391 e. The van der Waals surface area contributed by atoms with Crippen molar-refractivity contribution in [3.63, 3.8) is 0 Å². The van der Waals surface area contributed by atoms with E-state index in [0.29, 0.717) is 45.1 Å². The van der Waals surface area contributed by atoms with E-state index in [2.05, 4.69) is 47.5 Å². The van der Waals surface area contributed by atoms with Crippen molar-refractivity contribution in [2.24, 2.45) is 28.3 Å². The number of aliphatic hydroxyl groups is 1. The minimum Gasteiger partial charge on any atom is -0.391 e. The van der Waals surface area contributed by atoms with Gasteiger partial charge in [-0.1, -0.05) is 47.5 Å². The van der Waals surface area contributed by atoms with E-state index < -0.39 is 114 Å². The van der Waals surface area contributed by atoms with E-state index >= 15 is 0 Å². The molecular formula is C49H88N14O12. The van der Waals surface area contributed by atoms with Crippen molar-refractivity contribution in [2.45, 2.75) is 175 Å². The average molecular weight is 1070 g/mol. The summed E-state index contributed by atoms with van der Waals surface area (Å²) < 4.78 is 0. The lowest BCUT2D eigenvalue weighted by atomic mass is 9.95. The summed E-state index contributed by atoms with van der Waals surface area (Å²) in [6, 6.07) is -8.54. The number of unbranched alkanes of at least 4 members (excludes halogenated alkanes) is 1. The molecule has 0 spiro atoms. The maximum absolute atomic E-state index is 14.4. The van der Waals surface area contributed by atoms with Crippen LogP contribution in [0.15, 0.2) is 4.99 Å². The third-order valence-electron chi connectivity index (χ3n) is 12.8. The standard InChI is InChI=1S/C49H88N14O12/c1-12-19-35(44(71)56-33(20-15-16-23-53-31(8)65)42(69)57-34(21-17-24-54-49(50)51)47(74)63-25-18-22-36(63)43(70)52-14-3)62(11)48(75)41(30(7)64)60-46(73)40(29(6)13-2)59-45(72)39(28(4)5)58-37(67)26-55-38(68)27-61(10)32(9)66/h28-30,33-36,39-41,64H,12-27H2,1-11H3,(H,52,70)(H,53,65)(H,55,68)(H,56,71)(H,57,69)(H,58,67)(H,59,72)(H,60,73)(H4,50,51,54)/t29?,30?,33-,34+,35+,36+,39+,40-,41+/m1/s1. The van der Waals surface area contributed by atoms with Crippen LogP contribution in [-0.2, 0) is 52.7 Å². The summed E-state index contributed by atoms with van der Waals surface area (Å²) in [5, 5.41) is 32.2. The van der Waals surface area contributed by atoms with Crippen LogP contribution in [-0.4, -0.2) is 193 Å². The summed E-state index contributed by atoms with van der Waals surface area (Å²) in [5.74, 6) is -7.91. The molecule has 26 heteroatoms. The van der Waals surface area contributed by atoms with Gasteiger partial charge in [-0.25, -0.2) is 0 Å². The van der Waals surface area contributed by atoms with Gasteiger partial charge in [0, 0.05) is 54.1 Å². The SMILES string of the molecule is CCC[C@@H](C(=O)N[C@H](CCCCNC(C)=O)C(=O)N[C@@H](CCCN=C(N)N)C(=O)N1CCC[C@H]1C(=O)NCC)N(C)C(=O)[C@@H](NC(=O)[C@H](NC(=O)[C@@H](NC(=O)CNC(=O)CN(C)C(C)=O)C(C)C)C(C)CC)C(C)O. The number of aliphatic hydroxyl groups excluding tert-OH is 1. The van der Waals surface area contributed by atoms with Crippen LogP contribution in [0.25, 0.3) is 0 Å². The molecule has 11 amide bonds. The highest BCUT2D eigenvalue weighted by molar-refractivity contribution is 5.98. The zero-order valence-corrected chi connectivity index (χ0v) is 46.0. The number of carbonyl (C=O) groups excluding carboxylic acids is 11. The van der Waals surface area contributed by atoms with Gasteiger partial charge in [-0.05, 0) is 77.0 Å². The van der Waals surface area contributed by atoms with E-state index in [1.807, 2.05) is 0 Å². The van der Waals surface area contributed by atoms with E-state index in [0.717, 1.165) is 9.80 Å². The molecule has 0 radical (unpaired) electrons. The molecule has 1 heterocycles. The van der Waals surface area contributed by atoms with Crippen molar-refractivity contribution in [3.05, 3.63) is 0 Å². The number of amides is 11. The van der Waals surface area contributed by atoms with Crippen molar-refractivity contribution < 1.29 is 57.8 Å².